The van der Waals surface area contributed by atoms with Gasteiger partial charge in [0.25, 0.3) is 0 Å². The van der Waals surface area contributed by atoms with Crippen LogP contribution in [0.3, 0.4) is 0 Å². The highest BCUT2D eigenvalue weighted by atomic mass is 16.5. The summed E-state index contributed by atoms with van der Waals surface area (Å²) in [6, 6.07) is 11.2. The van der Waals surface area contributed by atoms with Crippen molar-refractivity contribution in [1.82, 2.24) is 10.3 Å². The minimum atomic E-state index is -0.452. The van der Waals surface area contributed by atoms with Gasteiger partial charge in [-0.05, 0) is 38.8 Å². The van der Waals surface area contributed by atoms with Crippen molar-refractivity contribution in [2.45, 2.75) is 45.9 Å². The molecule has 2 unspecified atom stereocenters. The molecule has 2 aromatic rings. The number of aryl methyl sites for hydroxylation is 1. The number of piperidine rings is 1. The number of aromatic nitrogens is 1. The van der Waals surface area contributed by atoms with Crippen LogP contribution in [0.2, 0.25) is 0 Å². The number of hydrogen-bond donors (Lipinski definition) is 2. The molecular weight excluding hydrogens is 398 g/mol. The molecule has 0 spiro atoms. The van der Waals surface area contributed by atoms with Gasteiger partial charge in [-0.15, -0.1) is 0 Å². The number of anilines is 1. The van der Waals surface area contributed by atoms with Crippen LogP contribution in [0.25, 0.3) is 0 Å². The molecule has 1 fully saturated rings. The zero-order chi connectivity index (χ0) is 22.2. The number of alkyl carbamates (subject to hydrolysis) is 1. The number of carbonyl (C=O) groups is 2. The molecule has 1 saturated heterocycles. The molecule has 2 atom stereocenters. The molecule has 0 aliphatic carbocycles. The number of aromatic amines is 1. The van der Waals surface area contributed by atoms with Crippen molar-refractivity contribution in [2.75, 3.05) is 31.2 Å². The number of benzene rings is 1. The van der Waals surface area contributed by atoms with Crippen LogP contribution in [0.1, 0.15) is 41.9 Å². The summed E-state index contributed by atoms with van der Waals surface area (Å²) in [7, 11) is 0. The van der Waals surface area contributed by atoms with Crippen LogP contribution >= 0.6 is 0 Å². The fraction of sp³-hybridized carbons (Fsp3) is 0.478. The summed E-state index contributed by atoms with van der Waals surface area (Å²) in [5, 5.41) is 2.95. The van der Waals surface area contributed by atoms with E-state index in [1.54, 1.807) is 6.92 Å². The first kappa shape index (κ1) is 22.7. The van der Waals surface area contributed by atoms with E-state index in [0.717, 1.165) is 17.1 Å². The van der Waals surface area contributed by atoms with E-state index in [0.29, 0.717) is 38.3 Å². The zero-order valence-corrected chi connectivity index (χ0v) is 18.3. The molecule has 0 radical (unpaired) electrons. The second-order valence-corrected chi connectivity index (χ2v) is 7.45. The molecule has 1 aromatic carbocycles. The molecule has 2 N–H and O–H groups in total. The maximum atomic E-state index is 12.3. The maximum absolute atomic E-state index is 12.3. The first-order valence-corrected chi connectivity index (χ1v) is 10.7. The molecule has 1 aliphatic heterocycles. The van der Waals surface area contributed by atoms with Crippen LogP contribution in [0.15, 0.2) is 36.4 Å². The largest absolute Gasteiger partial charge is 0.462 e. The standard InChI is InChI=1S/C23H31N3O5/c1-4-29-20-14-26(21-13-18(16(3)24-21)22(27)30-5-2)12-11-19(20)25-23(28)31-15-17-9-7-6-8-10-17/h6-10,13,19-20,24H,4-5,11-12,14-15H2,1-3H3,(H,25,28). The summed E-state index contributed by atoms with van der Waals surface area (Å²) in [4.78, 5) is 29.8. The summed E-state index contributed by atoms with van der Waals surface area (Å²) >= 11 is 0. The van der Waals surface area contributed by atoms with Crippen LogP contribution < -0.4 is 10.2 Å². The van der Waals surface area contributed by atoms with E-state index in [4.69, 9.17) is 14.2 Å². The van der Waals surface area contributed by atoms with Crippen molar-refractivity contribution in [1.29, 1.82) is 0 Å². The minimum Gasteiger partial charge on any atom is -0.462 e. The lowest BCUT2D eigenvalue weighted by Crippen LogP contribution is -2.55. The van der Waals surface area contributed by atoms with E-state index < -0.39 is 6.09 Å². The lowest BCUT2D eigenvalue weighted by atomic mass is 10.0. The highest BCUT2D eigenvalue weighted by Crippen LogP contribution is 2.24. The van der Waals surface area contributed by atoms with Crippen LogP contribution in [0.5, 0.6) is 0 Å². The minimum absolute atomic E-state index is 0.153. The van der Waals surface area contributed by atoms with Crippen LogP contribution in [-0.2, 0) is 20.8 Å². The van der Waals surface area contributed by atoms with E-state index in [9.17, 15) is 9.59 Å². The average Bonchev–Trinajstić information content (AvgIpc) is 3.16. The highest BCUT2D eigenvalue weighted by Gasteiger charge is 2.32. The number of nitrogens with one attached hydrogen (secondary N) is 2. The summed E-state index contributed by atoms with van der Waals surface area (Å²) in [5.41, 5.74) is 2.24. The Labute approximate surface area is 182 Å². The molecule has 1 amide bonds. The van der Waals surface area contributed by atoms with Crippen molar-refractivity contribution in [3.8, 4) is 0 Å². The monoisotopic (exact) mass is 429 g/mol. The SMILES string of the molecule is CCOC(=O)c1cc(N2CCC(NC(=O)OCc3ccccc3)C(OCC)C2)[nH]c1C. The quantitative estimate of drug-likeness (QED) is 0.625. The highest BCUT2D eigenvalue weighted by molar-refractivity contribution is 5.92. The number of carbonyl (C=O) groups excluding carboxylic acids is 2. The maximum Gasteiger partial charge on any atom is 0.407 e. The van der Waals surface area contributed by atoms with Gasteiger partial charge in [-0.1, -0.05) is 30.3 Å². The third kappa shape index (κ3) is 6.01. The molecule has 0 saturated carbocycles. The van der Waals surface area contributed by atoms with Crippen molar-refractivity contribution >= 4 is 17.9 Å². The smallest absolute Gasteiger partial charge is 0.407 e. The molecule has 31 heavy (non-hydrogen) atoms. The normalized spacial score (nSPS) is 18.5. The van der Waals surface area contributed by atoms with Gasteiger partial charge >= 0.3 is 12.1 Å². The molecule has 1 aliphatic rings. The second-order valence-electron chi connectivity index (χ2n) is 7.45. The zero-order valence-electron chi connectivity index (χ0n) is 18.3. The first-order chi connectivity index (χ1) is 15.0. The van der Waals surface area contributed by atoms with Gasteiger partial charge in [0, 0.05) is 25.4 Å². The van der Waals surface area contributed by atoms with Crippen molar-refractivity contribution in [3.05, 3.63) is 53.2 Å². The van der Waals surface area contributed by atoms with Gasteiger partial charge in [0.15, 0.2) is 0 Å². The summed E-state index contributed by atoms with van der Waals surface area (Å²) in [6.45, 7) is 7.96. The molecule has 1 aromatic heterocycles. The Kier molecular flexibility index (Phi) is 7.94. The fourth-order valence-corrected chi connectivity index (χ4v) is 3.73. The predicted molar refractivity (Wildman–Crippen MR) is 117 cm³/mol. The molecular formula is C23H31N3O5. The number of hydrogen-bond acceptors (Lipinski definition) is 6. The second kappa shape index (κ2) is 10.9. The van der Waals surface area contributed by atoms with Crippen LogP contribution in [0, 0.1) is 6.92 Å². The van der Waals surface area contributed by atoms with E-state index in [-0.39, 0.29) is 24.7 Å². The summed E-state index contributed by atoms with van der Waals surface area (Å²) in [6.07, 6.45) is 0.0442. The van der Waals surface area contributed by atoms with Crippen molar-refractivity contribution < 1.29 is 23.8 Å². The number of nitrogens with zero attached hydrogens (tertiary/aromatic N) is 1. The van der Waals surface area contributed by atoms with Gasteiger partial charge < -0.3 is 29.4 Å². The Hall–Kier alpha value is -3.00. The Morgan fingerprint density at radius 1 is 1.16 bits per heavy atom. The van der Waals surface area contributed by atoms with E-state index in [1.165, 1.54) is 0 Å². The van der Waals surface area contributed by atoms with E-state index in [2.05, 4.69) is 15.2 Å². The number of rotatable bonds is 8. The van der Waals surface area contributed by atoms with Gasteiger partial charge in [-0.2, -0.15) is 0 Å². The number of H-pyrrole nitrogens is 1. The molecule has 2 heterocycles. The number of esters is 1. The van der Waals surface area contributed by atoms with Crippen LogP contribution in [-0.4, -0.2) is 55.5 Å². The Bertz CT molecular complexity index is 867. The summed E-state index contributed by atoms with van der Waals surface area (Å²) in [5.74, 6) is 0.511. The number of ether oxygens (including phenoxy) is 3. The Morgan fingerprint density at radius 3 is 2.65 bits per heavy atom. The molecule has 8 nitrogen and oxygen atoms in total. The van der Waals surface area contributed by atoms with Crippen LogP contribution in [0.4, 0.5) is 10.6 Å². The van der Waals surface area contributed by atoms with Gasteiger partial charge in [0.05, 0.1) is 24.3 Å². The van der Waals surface area contributed by atoms with Gasteiger partial charge in [-0.3, -0.25) is 0 Å². The third-order valence-electron chi connectivity index (χ3n) is 5.29. The third-order valence-corrected chi connectivity index (χ3v) is 5.29. The predicted octanol–water partition coefficient (Wildman–Crippen LogP) is 3.41. The van der Waals surface area contributed by atoms with Crippen molar-refractivity contribution in [3.63, 3.8) is 0 Å². The lowest BCUT2D eigenvalue weighted by Gasteiger charge is -2.38. The molecule has 3 rings (SSSR count). The lowest BCUT2D eigenvalue weighted by molar-refractivity contribution is 0.0260. The average molecular weight is 430 g/mol. The molecule has 8 heteroatoms. The molecule has 0 bridgehead atoms. The number of amides is 1. The molecule has 168 valence electrons. The van der Waals surface area contributed by atoms with E-state index in [1.807, 2.05) is 50.2 Å². The van der Waals surface area contributed by atoms with Gasteiger partial charge in [0.1, 0.15) is 12.4 Å². The Balaban J connectivity index is 1.59. The topological polar surface area (TPSA) is 92.9 Å². The van der Waals surface area contributed by atoms with Crippen molar-refractivity contribution in [2.24, 2.45) is 0 Å². The first-order valence-electron chi connectivity index (χ1n) is 10.7. The van der Waals surface area contributed by atoms with Gasteiger partial charge in [-0.25, -0.2) is 9.59 Å². The Morgan fingerprint density at radius 2 is 1.94 bits per heavy atom. The van der Waals surface area contributed by atoms with E-state index >= 15 is 0 Å². The summed E-state index contributed by atoms with van der Waals surface area (Å²) < 4.78 is 16.4. The van der Waals surface area contributed by atoms with Gasteiger partial charge in [0.2, 0.25) is 0 Å². The fourth-order valence-electron chi connectivity index (χ4n) is 3.73.